The molecule has 0 amide bonds. The minimum Gasteiger partial charge on any atom is -0.287 e. The standard InChI is InChI=1S/C21H15ClN2O/c22-17-11-12-19-18(13-17)20(16-9-5-2-6-10-16)23-21(25)24(19)14-15-7-3-1-4-8-15/h1-13H,14H2. The van der Waals surface area contributed by atoms with E-state index >= 15 is 0 Å². The largest absolute Gasteiger partial charge is 0.348 e. The molecule has 0 spiro atoms. The van der Waals surface area contributed by atoms with E-state index in [-0.39, 0.29) is 5.69 Å². The topological polar surface area (TPSA) is 34.9 Å². The van der Waals surface area contributed by atoms with Gasteiger partial charge >= 0.3 is 5.69 Å². The summed E-state index contributed by atoms with van der Waals surface area (Å²) in [5.41, 5.74) is 3.17. The maximum atomic E-state index is 12.7. The fourth-order valence-corrected chi connectivity index (χ4v) is 3.16. The highest BCUT2D eigenvalue weighted by Gasteiger charge is 2.13. The molecule has 0 aliphatic carbocycles. The van der Waals surface area contributed by atoms with Crippen molar-refractivity contribution in [3.63, 3.8) is 0 Å². The molecule has 3 nitrogen and oxygen atoms in total. The Morgan fingerprint density at radius 3 is 2.28 bits per heavy atom. The van der Waals surface area contributed by atoms with Crippen molar-refractivity contribution in [1.82, 2.24) is 9.55 Å². The number of benzene rings is 3. The monoisotopic (exact) mass is 346 g/mol. The first-order valence-electron chi connectivity index (χ1n) is 8.02. The summed E-state index contributed by atoms with van der Waals surface area (Å²) in [7, 11) is 0. The molecule has 4 rings (SSSR count). The van der Waals surface area contributed by atoms with E-state index in [9.17, 15) is 4.79 Å². The Hall–Kier alpha value is -2.91. The van der Waals surface area contributed by atoms with Gasteiger partial charge in [-0.25, -0.2) is 4.79 Å². The second-order valence-electron chi connectivity index (χ2n) is 5.84. The van der Waals surface area contributed by atoms with Crippen molar-refractivity contribution in [3.8, 4) is 11.3 Å². The average molecular weight is 347 g/mol. The number of rotatable bonds is 3. The molecular weight excluding hydrogens is 332 g/mol. The third-order valence-electron chi connectivity index (χ3n) is 4.17. The molecule has 0 bridgehead atoms. The van der Waals surface area contributed by atoms with Crippen molar-refractivity contribution >= 4 is 22.5 Å². The summed E-state index contributed by atoms with van der Waals surface area (Å²) < 4.78 is 1.69. The van der Waals surface area contributed by atoms with Crippen LogP contribution in [-0.2, 0) is 6.54 Å². The van der Waals surface area contributed by atoms with Crippen molar-refractivity contribution in [2.24, 2.45) is 0 Å². The van der Waals surface area contributed by atoms with Crippen molar-refractivity contribution in [2.45, 2.75) is 6.54 Å². The quantitative estimate of drug-likeness (QED) is 0.536. The third-order valence-corrected chi connectivity index (χ3v) is 4.41. The van der Waals surface area contributed by atoms with Gasteiger partial charge < -0.3 is 0 Å². The van der Waals surface area contributed by atoms with Gasteiger partial charge in [0, 0.05) is 16.0 Å². The highest BCUT2D eigenvalue weighted by Crippen LogP contribution is 2.28. The SMILES string of the molecule is O=c1nc(-c2ccccc2)c2cc(Cl)ccc2n1Cc1ccccc1. The van der Waals surface area contributed by atoms with Gasteiger partial charge in [0.25, 0.3) is 0 Å². The lowest BCUT2D eigenvalue weighted by Gasteiger charge is -2.13. The number of hydrogen-bond donors (Lipinski definition) is 0. The van der Waals surface area contributed by atoms with Crippen LogP contribution >= 0.6 is 11.6 Å². The average Bonchev–Trinajstić information content (AvgIpc) is 2.65. The zero-order valence-corrected chi connectivity index (χ0v) is 14.1. The molecule has 0 aliphatic rings. The van der Waals surface area contributed by atoms with Gasteiger partial charge in [0.05, 0.1) is 17.8 Å². The van der Waals surface area contributed by atoms with E-state index in [0.717, 1.165) is 22.0 Å². The Labute approximate surface area is 150 Å². The van der Waals surface area contributed by atoms with Crippen molar-refractivity contribution in [3.05, 3.63) is 99.9 Å². The minimum atomic E-state index is -0.266. The van der Waals surface area contributed by atoms with Crippen LogP contribution in [0.3, 0.4) is 0 Å². The summed E-state index contributed by atoms with van der Waals surface area (Å²) in [6.07, 6.45) is 0. The molecule has 0 N–H and O–H groups in total. The van der Waals surface area contributed by atoms with E-state index < -0.39 is 0 Å². The van der Waals surface area contributed by atoms with Gasteiger partial charge in [0.1, 0.15) is 0 Å². The Morgan fingerprint density at radius 2 is 1.56 bits per heavy atom. The molecular formula is C21H15ClN2O. The van der Waals surface area contributed by atoms with Gasteiger partial charge in [-0.2, -0.15) is 4.98 Å². The Balaban J connectivity index is 1.97. The molecule has 0 saturated heterocycles. The van der Waals surface area contributed by atoms with E-state index in [1.807, 2.05) is 72.8 Å². The van der Waals surface area contributed by atoms with Crippen molar-refractivity contribution in [2.75, 3.05) is 0 Å². The number of halogens is 1. The van der Waals surface area contributed by atoms with Gasteiger partial charge in [0.15, 0.2) is 0 Å². The van der Waals surface area contributed by atoms with Crippen LogP contribution in [0.4, 0.5) is 0 Å². The van der Waals surface area contributed by atoms with Crippen LogP contribution < -0.4 is 5.69 Å². The molecule has 0 atom stereocenters. The van der Waals surface area contributed by atoms with Gasteiger partial charge in [-0.05, 0) is 23.8 Å². The van der Waals surface area contributed by atoms with Crippen LogP contribution in [0.15, 0.2) is 83.7 Å². The molecule has 0 radical (unpaired) electrons. The normalized spacial score (nSPS) is 10.9. The van der Waals surface area contributed by atoms with Gasteiger partial charge in [-0.15, -0.1) is 0 Å². The number of aromatic nitrogens is 2. The summed E-state index contributed by atoms with van der Waals surface area (Å²) in [4.78, 5) is 17.1. The summed E-state index contributed by atoms with van der Waals surface area (Å²) in [5.74, 6) is 0. The molecule has 122 valence electrons. The second kappa shape index (κ2) is 6.54. The first-order valence-corrected chi connectivity index (χ1v) is 8.39. The molecule has 0 unspecified atom stereocenters. The fraction of sp³-hybridized carbons (Fsp3) is 0.0476. The molecule has 4 heteroatoms. The predicted octanol–water partition coefficient (Wildman–Crippen LogP) is 4.77. The van der Waals surface area contributed by atoms with E-state index in [1.54, 1.807) is 10.6 Å². The highest BCUT2D eigenvalue weighted by atomic mass is 35.5. The maximum absolute atomic E-state index is 12.7. The van der Waals surface area contributed by atoms with E-state index in [0.29, 0.717) is 17.3 Å². The number of fused-ring (bicyclic) bond motifs is 1. The van der Waals surface area contributed by atoms with E-state index in [4.69, 9.17) is 11.6 Å². The summed E-state index contributed by atoms with van der Waals surface area (Å²) >= 11 is 6.22. The lowest BCUT2D eigenvalue weighted by atomic mass is 10.1. The third kappa shape index (κ3) is 3.06. The Kier molecular flexibility index (Phi) is 4.08. The molecule has 1 heterocycles. The number of nitrogens with zero attached hydrogens (tertiary/aromatic N) is 2. The van der Waals surface area contributed by atoms with E-state index in [2.05, 4.69) is 4.98 Å². The molecule has 0 aliphatic heterocycles. The first-order chi connectivity index (χ1) is 12.2. The van der Waals surface area contributed by atoms with Gasteiger partial charge in [0.2, 0.25) is 0 Å². The van der Waals surface area contributed by atoms with Gasteiger partial charge in [-0.1, -0.05) is 72.3 Å². The Bertz CT molecular complexity index is 1090. The van der Waals surface area contributed by atoms with Crippen LogP contribution in [0.2, 0.25) is 5.02 Å². The lowest BCUT2D eigenvalue weighted by Crippen LogP contribution is -2.24. The van der Waals surface area contributed by atoms with Crippen LogP contribution in [0, 0.1) is 0 Å². The molecule has 0 fully saturated rings. The summed E-state index contributed by atoms with van der Waals surface area (Å²) in [5, 5.41) is 1.49. The molecule has 3 aromatic carbocycles. The smallest absolute Gasteiger partial charge is 0.287 e. The zero-order valence-electron chi connectivity index (χ0n) is 13.4. The number of hydrogen-bond acceptors (Lipinski definition) is 2. The van der Waals surface area contributed by atoms with Crippen LogP contribution in [-0.4, -0.2) is 9.55 Å². The minimum absolute atomic E-state index is 0.266. The van der Waals surface area contributed by atoms with Crippen LogP contribution in [0.1, 0.15) is 5.56 Å². The van der Waals surface area contributed by atoms with Crippen LogP contribution in [0.25, 0.3) is 22.2 Å². The van der Waals surface area contributed by atoms with Crippen molar-refractivity contribution in [1.29, 1.82) is 0 Å². The first kappa shape index (κ1) is 15.6. The Morgan fingerprint density at radius 1 is 0.880 bits per heavy atom. The molecule has 1 aromatic heterocycles. The summed E-state index contributed by atoms with van der Waals surface area (Å²) in [6.45, 7) is 0.472. The fourth-order valence-electron chi connectivity index (χ4n) is 2.99. The lowest BCUT2D eigenvalue weighted by molar-refractivity contribution is 0.763. The molecule has 0 saturated carbocycles. The highest BCUT2D eigenvalue weighted by molar-refractivity contribution is 6.31. The van der Waals surface area contributed by atoms with Gasteiger partial charge in [-0.3, -0.25) is 4.57 Å². The van der Waals surface area contributed by atoms with Crippen molar-refractivity contribution < 1.29 is 0 Å². The second-order valence-corrected chi connectivity index (χ2v) is 6.28. The predicted molar refractivity (Wildman–Crippen MR) is 102 cm³/mol. The van der Waals surface area contributed by atoms with Crippen LogP contribution in [0.5, 0.6) is 0 Å². The summed E-state index contributed by atoms with van der Waals surface area (Å²) in [6, 6.07) is 25.1. The molecule has 25 heavy (non-hydrogen) atoms. The molecule has 4 aromatic rings. The maximum Gasteiger partial charge on any atom is 0.348 e. The zero-order chi connectivity index (χ0) is 17.2. The van der Waals surface area contributed by atoms with E-state index in [1.165, 1.54) is 0 Å².